The summed E-state index contributed by atoms with van der Waals surface area (Å²) in [6, 6.07) is 0. The summed E-state index contributed by atoms with van der Waals surface area (Å²) < 4.78 is 0. The van der Waals surface area contributed by atoms with E-state index in [1.807, 2.05) is 0 Å². The zero-order chi connectivity index (χ0) is 15.1. The van der Waals surface area contributed by atoms with Gasteiger partial charge in [0.1, 0.15) is 0 Å². The van der Waals surface area contributed by atoms with Crippen molar-refractivity contribution < 1.29 is 0 Å². The summed E-state index contributed by atoms with van der Waals surface area (Å²) >= 11 is 0. The molecule has 5 unspecified atom stereocenters. The number of rotatable bonds is 8. The van der Waals surface area contributed by atoms with E-state index < -0.39 is 0 Å². The second-order valence-corrected chi connectivity index (χ2v) is 7.50. The molecule has 0 aromatic rings. The summed E-state index contributed by atoms with van der Waals surface area (Å²) in [5.74, 6) is 3.70. The number of hydrogen-bond acceptors (Lipinski definition) is 4. The van der Waals surface area contributed by atoms with E-state index in [4.69, 9.17) is 0 Å². The van der Waals surface area contributed by atoms with Gasteiger partial charge in [-0.05, 0) is 68.1 Å². The predicted octanol–water partition coefficient (Wildman–Crippen LogP) is 5.16. The highest BCUT2D eigenvalue weighted by Gasteiger charge is 2.31. The Morgan fingerprint density at radius 2 is 1.76 bits per heavy atom. The maximum Gasteiger partial charge on any atom is 0.0839 e. The fourth-order valence-corrected chi connectivity index (χ4v) is 4.73. The van der Waals surface area contributed by atoms with Crippen LogP contribution >= 0.6 is 0 Å². The molecule has 4 heteroatoms. The van der Waals surface area contributed by atoms with E-state index in [1.54, 1.807) is 0 Å². The van der Waals surface area contributed by atoms with Gasteiger partial charge in [0.05, 0.1) is 13.1 Å². The smallest absolute Gasteiger partial charge is 0.0839 e. The average Bonchev–Trinajstić information content (AvgIpc) is 2.95. The van der Waals surface area contributed by atoms with Crippen molar-refractivity contribution in [3.63, 3.8) is 0 Å². The molecule has 0 saturated heterocycles. The summed E-state index contributed by atoms with van der Waals surface area (Å²) in [6.07, 6.45) is 11.2. The van der Waals surface area contributed by atoms with E-state index in [0.717, 1.165) is 30.1 Å². The lowest BCUT2D eigenvalue weighted by Crippen LogP contribution is -2.21. The van der Waals surface area contributed by atoms with Gasteiger partial charge in [0.15, 0.2) is 0 Å². The van der Waals surface area contributed by atoms with E-state index >= 15 is 0 Å². The maximum absolute atomic E-state index is 10.5. The zero-order valence-electron chi connectivity index (χ0n) is 13.4. The van der Waals surface area contributed by atoms with Gasteiger partial charge in [0.2, 0.25) is 0 Å². The van der Waals surface area contributed by atoms with Gasteiger partial charge >= 0.3 is 0 Å². The van der Waals surface area contributed by atoms with Gasteiger partial charge in [0.25, 0.3) is 0 Å². The molecule has 0 bridgehead atoms. The molecule has 120 valence electrons. The second kappa shape index (κ2) is 8.60. The van der Waals surface area contributed by atoms with Gasteiger partial charge in [-0.25, -0.2) is 0 Å². The van der Waals surface area contributed by atoms with Gasteiger partial charge in [-0.3, -0.25) is 0 Å². The van der Waals surface area contributed by atoms with Crippen LogP contribution in [-0.2, 0) is 0 Å². The van der Waals surface area contributed by atoms with E-state index in [1.165, 1.54) is 51.4 Å². The summed E-state index contributed by atoms with van der Waals surface area (Å²) in [7, 11) is 0. The Morgan fingerprint density at radius 3 is 2.52 bits per heavy atom. The molecule has 2 fully saturated rings. The normalized spacial score (nSPS) is 34.5. The molecule has 0 aromatic heterocycles. The minimum Gasteiger partial charge on any atom is -0.151 e. The monoisotopic (exact) mass is 294 g/mol. The van der Waals surface area contributed by atoms with Crippen molar-refractivity contribution in [2.45, 2.75) is 64.7 Å². The molecule has 2 saturated carbocycles. The van der Waals surface area contributed by atoms with E-state index in [2.05, 4.69) is 17.3 Å². The van der Waals surface area contributed by atoms with E-state index in [9.17, 15) is 9.81 Å². The Morgan fingerprint density at radius 1 is 0.952 bits per heavy atom. The van der Waals surface area contributed by atoms with Crippen LogP contribution in [0.4, 0.5) is 0 Å². The molecule has 5 atom stereocenters. The van der Waals surface area contributed by atoms with E-state index in [-0.39, 0.29) is 0 Å². The molecule has 0 aromatic carbocycles. The Kier molecular flexibility index (Phi) is 6.78. The largest absolute Gasteiger partial charge is 0.151 e. The standard InChI is InChI=1S/C17H30N2O2/c1-13(17-6-5-14(11-17)7-8-18-20)9-15-3-2-4-16(10-15)12-19-21/h13-17H,2-12H2,1H3. The van der Waals surface area contributed by atoms with Gasteiger partial charge < -0.3 is 0 Å². The van der Waals surface area contributed by atoms with Crippen LogP contribution in [0.3, 0.4) is 0 Å². The van der Waals surface area contributed by atoms with Crippen molar-refractivity contribution in [3.8, 4) is 0 Å². The molecule has 0 N–H and O–H groups in total. The van der Waals surface area contributed by atoms with Crippen molar-refractivity contribution in [1.29, 1.82) is 0 Å². The third-order valence-corrected chi connectivity index (χ3v) is 5.94. The molecule has 0 aliphatic heterocycles. The Balaban J connectivity index is 1.72. The fourth-order valence-electron chi connectivity index (χ4n) is 4.73. The predicted molar refractivity (Wildman–Crippen MR) is 86.0 cm³/mol. The van der Waals surface area contributed by atoms with Crippen molar-refractivity contribution in [2.24, 2.45) is 39.9 Å². The van der Waals surface area contributed by atoms with Crippen LogP contribution in [0.2, 0.25) is 0 Å². The molecule has 2 aliphatic carbocycles. The summed E-state index contributed by atoms with van der Waals surface area (Å²) in [6.45, 7) is 3.43. The van der Waals surface area contributed by atoms with Crippen LogP contribution in [0.25, 0.3) is 0 Å². The molecule has 4 nitrogen and oxygen atoms in total. The lowest BCUT2D eigenvalue weighted by atomic mass is 9.75. The molecule has 21 heavy (non-hydrogen) atoms. The second-order valence-electron chi connectivity index (χ2n) is 7.50. The third-order valence-electron chi connectivity index (χ3n) is 5.94. The summed E-state index contributed by atoms with van der Waals surface area (Å²) in [5.41, 5.74) is 0. The molecule has 2 rings (SSSR count). The highest BCUT2D eigenvalue weighted by molar-refractivity contribution is 4.82. The van der Waals surface area contributed by atoms with Gasteiger partial charge in [0, 0.05) is 0 Å². The quantitative estimate of drug-likeness (QED) is 0.581. The minimum atomic E-state index is 0.495. The van der Waals surface area contributed by atoms with Gasteiger partial charge in [-0.2, -0.15) is 9.81 Å². The molecule has 2 aliphatic rings. The topological polar surface area (TPSA) is 58.9 Å². The third kappa shape index (κ3) is 5.15. The molecular formula is C17H30N2O2. The molecule has 0 spiro atoms. The lowest BCUT2D eigenvalue weighted by molar-refractivity contribution is 0.205. The lowest BCUT2D eigenvalue weighted by Gasteiger charge is -2.31. The summed E-state index contributed by atoms with van der Waals surface area (Å²) in [5, 5.41) is 6.11. The van der Waals surface area contributed by atoms with Crippen molar-refractivity contribution in [3.05, 3.63) is 9.81 Å². The zero-order valence-corrected chi connectivity index (χ0v) is 13.4. The molecule has 0 amide bonds. The van der Waals surface area contributed by atoms with Crippen LogP contribution in [-0.4, -0.2) is 13.1 Å². The highest BCUT2D eigenvalue weighted by atomic mass is 16.3. The molecule has 0 heterocycles. The Labute approximate surface area is 128 Å². The highest BCUT2D eigenvalue weighted by Crippen LogP contribution is 2.42. The first-order chi connectivity index (χ1) is 10.2. The van der Waals surface area contributed by atoms with Gasteiger partial charge in [-0.1, -0.05) is 36.5 Å². The molecular weight excluding hydrogens is 264 g/mol. The van der Waals surface area contributed by atoms with E-state index in [0.29, 0.717) is 19.0 Å². The Hall–Kier alpha value is -0.800. The number of nitrogens with zero attached hydrogens (tertiary/aromatic N) is 2. The van der Waals surface area contributed by atoms with Crippen LogP contribution in [0.1, 0.15) is 64.7 Å². The minimum absolute atomic E-state index is 0.495. The first kappa shape index (κ1) is 16.6. The first-order valence-electron chi connectivity index (χ1n) is 8.81. The van der Waals surface area contributed by atoms with Crippen molar-refractivity contribution in [2.75, 3.05) is 13.1 Å². The first-order valence-corrected chi connectivity index (χ1v) is 8.81. The van der Waals surface area contributed by atoms with Crippen LogP contribution in [0.5, 0.6) is 0 Å². The number of nitroso groups, excluding NO2 is 2. The number of hydrogen-bond donors (Lipinski definition) is 0. The van der Waals surface area contributed by atoms with Crippen LogP contribution in [0, 0.1) is 39.4 Å². The fraction of sp³-hybridized carbons (Fsp3) is 1.00. The van der Waals surface area contributed by atoms with Crippen molar-refractivity contribution in [1.82, 2.24) is 0 Å². The summed E-state index contributed by atoms with van der Waals surface area (Å²) in [4.78, 5) is 20.7. The maximum atomic E-state index is 10.5. The van der Waals surface area contributed by atoms with Gasteiger partial charge in [-0.15, -0.1) is 0 Å². The van der Waals surface area contributed by atoms with Crippen LogP contribution < -0.4 is 0 Å². The van der Waals surface area contributed by atoms with Crippen molar-refractivity contribution >= 4 is 0 Å². The molecule has 0 radical (unpaired) electrons. The average molecular weight is 294 g/mol. The SMILES string of the molecule is CC(CC1CCCC(CN=O)C1)C1CCC(CCN=O)C1. The Bertz CT molecular complexity index is 335. The van der Waals surface area contributed by atoms with Crippen LogP contribution in [0.15, 0.2) is 10.4 Å².